The number of carbonyl (C=O) groups excluding carboxylic acids is 2. The molecule has 0 unspecified atom stereocenters. The van der Waals surface area contributed by atoms with Gasteiger partial charge in [0.1, 0.15) is 11.5 Å². The number of Topliss-reactive ketones (excluding diaryl/α,β-unsaturated/α-hetero) is 1. The summed E-state index contributed by atoms with van der Waals surface area (Å²) < 4.78 is 11.4. The van der Waals surface area contributed by atoms with Gasteiger partial charge in [-0.3, -0.25) is 9.59 Å². The molecule has 27 heavy (non-hydrogen) atoms. The minimum Gasteiger partial charge on any atom is -0.484 e. The highest BCUT2D eigenvalue weighted by Gasteiger charge is 2.28. The zero-order chi connectivity index (χ0) is 18.6. The lowest BCUT2D eigenvalue weighted by molar-refractivity contribution is -0.133. The van der Waals surface area contributed by atoms with E-state index in [-0.39, 0.29) is 18.3 Å². The first-order valence-corrected chi connectivity index (χ1v) is 10.1. The smallest absolute Gasteiger partial charge is 0.260 e. The minimum atomic E-state index is -0.134. The summed E-state index contributed by atoms with van der Waals surface area (Å²) in [6.45, 7) is 1.62. The van der Waals surface area contributed by atoms with Crippen molar-refractivity contribution in [3.63, 3.8) is 0 Å². The maximum atomic E-state index is 12.4. The number of rotatable bonds is 4. The highest BCUT2D eigenvalue weighted by atomic mass is 32.1. The van der Waals surface area contributed by atoms with E-state index < -0.39 is 0 Å². The number of ketones is 1. The number of carbonyl (C=O) groups is 2. The second-order valence-corrected chi connectivity index (χ2v) is 7.68. The molecule has 0 radical (unpaired) electrons. The predicted molar refractivity (Wildman–Crippen MR) is 104 cm³/mol. The number of fused-ring (bicyclic) bond motifs is 1. The predicted octanol–water partition coefficient (Wildman–Crippen LogP) is 4.15. The van der Waals surface area contributed by atoms with Gasteiger partial charge in [-0.1, -0.05) is 18.9 Å². The standard InChI is InChI=1S/C21H21NO4S/c23-20(22-9-3-1-2-4-10-22)14-25-15-7-8-17-18(12-15)26-19(21(17)24)13-16-6-5-11-27-16/h5-8,11-13H,1-4,9-10,14H2. The normalized spacial score (nSPS) is 18.1. The molecule has 2 aromatic rings. The van der Waals surface area contributed by atoms with Gasteiger partial charge in [-0.2, -0.15) is 0 Å². The Morgan fingerprint density at radius 3 is 2.74 bits per heavy atom. The maximum Gasteiger partial charge on any atom is 0.260 e. The Morgan fingerprint density at radius 2 is 2.00 bits per heavy atom. The van der Waals surface area contributed by atoms with Crippen LogP contribution in [0.5, 0.6) is 11.5 Å². The van der Waals surface area contributed by atoms with Crippen LogP contribution in [0, 0.1) is 0 Å². The summed E-state index contributed by atoms with van der Waals surface area (Å²) in [5, 5.41) is 1.95. The van der Waals surface area contributed by atoms with Crippen molar-refractivity contribution < 1.29 is 19.1 Å². The lowest BCUT2D eigenvalue weighted by Crippen LogP contribution is -2.35. The Balaban J connectivity index is 1.41. The summed E-state index contributed by atoms with van der Waals surface area (Å²) in [4.78, 5) is 27.6. The largest absolute Gasteiger partial charge is 0.484 e. The van der Waals surface area contributed by atoms with Crippen LogP contribution in [-0.2, 0) is 4.79 Å². The van der Waals surface area contributed by atoms with Gasteiger partial charge in [0.15, 0.2) is 12.4 Å². The number of nitrogens with zero attached hydrogens (tertiary/aromatic N) is 1. The van der Waals surface area contributed by atoms with Gasteiger partial charge in [-0.25, -0.2) is 0 Å². The van der Waals surface area contributed by atoms with Crippen molar-refractivity contribution in [2.75, 3.05) is 19.7 Å². The number of benzene rings is 1. The van der Waals surface area contributed by atoms with Gasteiger partial charge in [-0.05, 0) is 36.4 Å². The molecule has 2 aliphatic rings. The fourth-order valence-corrected chi connectivity index (χ4v) is 3.96. The molecule has 0 N–H and O–H groups in total. The average Bonchev–Trinajstić information content (AvgIpc) is 3.18. The molecule has 0 bridgehead atoms. The third kappa shape index (κ3) is 4.06. The molecule has 4 rings (SSSR count). The molecular weight excluding hydrogens is 362 g/mol. The summed E-state index contributed by atoms with van der Waals surface area (Å²) in [6, 6.07) is 8.94. The number of ether oxygens (including phenoxy) is 2. The molecule has 6 heteroatoms. The van der Waals surface area contributed by atoms with Gasteiger partial charge in [0.2, 0.25) is 5.78 Å². The fourth-order valence-electron chi connectivity index (χ4n) is 3.32. The van der Waals surface area contributed by atoms with Gasteiger partial charge < -0.3 is 14.4 Å². The Kier molecular flexibility index (Phi) is 5.25. The summed E-state index contributed by atoms with van der Waals surface area (Å²) in [5.41, 5.74) is 0.518. The van der Waals surface area contributed by atoms with Crippen LogP contribution in [0.3, 0.4) is 0 Å². The lowest BCUT2D eigenvalue weighted by Gasteiger charge is -2.20. The first kappa shape index (κ1) is 17.8. The molecule has 140 valence electrons. The van der Waals surface area contributed by atoms with E-state index in [2.05, 4.69) is 0 Å². The zero-order valence-corrected chi connectivity index (χ0v) is 15.8. The van der Waals surface area contributed by atoms with E-state index in [1.807, 2.05) is 22.4 Å². The summed E-state index contributed by atoms with van der Waals surface area (Å²) in [5.74, 6) is 1.19. The van der Waals surface area contributed by atoms with E-state index >= 15 is 0 Å². The quantitative estimate of drug-likeness (QED) is 0.745. The van der Waals surface area contributed by atoms with Crippen molar-refractivity contribution in [1.82, 2.24) is 4.90 Å². The van der Waals surface area contributed by atoms with Crippen molar-refractivity contribution >= 4 is 29.1 Å². The van der Waals surface area contributed by atoms with Crippen LogP contribution in [-0.4, -0.2) is 36.3 Å². The Morgan fingerprint density at radius 1 is 1.19 bits per heavy atom. The zero-order valence-electron chi connectivity index (χ0n) is 15.0. The van der Waals surface area contributed by atoms with E-state index in [1.54, 1.807) is 35.6 Å². The second-order valence-electron chi connectivity index (χ2n) is 6.70. The van der Waals surface area contributed by atoms with Crippen LogP contribution in [0.25, 0.3) is 6.08 Å². The van der Waals surface area contributed by atoms with Crippen molar-refractivity contribution in [3.05, 3.63) is 51.9 Å². The van der Waals surface area contributed by atoms with Crippen LogP contribution < -0.4 is 9.47 Å². The molecule has 1 fully saturated rings. The molecule has 1 aromatic heterocycles. The van der Waals surface area contributed by atoms with Crippen LogP contribution in [0.4, 0.5) is 0 Å². The lowest BCUT2D eigenvalue weighted by atomic mass is 10.1. The molecule has 0 atom stereocenters. The van der Waals surface area contributed by atoms with E-state index in [0.717, 1.165) is 30.8 Å². The molecule has 0 saturated carbocycles. The summed E-state index contributed by atoms with van der Waals surface area (Å²) >= 11 is 1.54. The monoisotopic (exact) mass is 383 g/mol. The van der Waals surface area contributed by atoms with Gasteiger partial charge in [0.05, 0.1) is 5.56 Å². The summed E-state index contributed by atoms with van der Waals surface area (Å²) in [7, 11) is 0. The van der Waals surface area contributed by atoms with Crippen molar-refractivity contribution in [3.8, 4) is 11.5 Å². The molecule has 3 heterocycles. The van der Waals surface area contributed by atoms with E-state index in [9.17, 15) is 9.59 Å². The number of amides is 1. The Labute approximate surface area is 162 Å². The third-order valence-electron chi connectivity index (χ3n) is 4.78. The van der Waals surface area contributed by atoms with E-state index in [1.165, 1.54) is 12.8 Å². The Hall–Kier alpha value is -2.60. The average molecular weight is 383 g/mol. The van der Waals surface area contributed by atoms with Crippen LogP contribution >= 0.6 is 11.3 Å². The topological polar surface area (TPSA) is 55.8 Å². The van der Waals surface area contributed by atoms with Gasteiger partial charge in [0.25, 0.3) is 5.91 Å². The number of hydrogen-bond donors (Lipinski definition) is 0. The highest BCUT2D eigenvalue weighted by molar-refractivity contribution is 7.10. The van der Waals surface area contributed by atoms with Crippen LogP contribution in [0.2, 0.25) is 0 Å². The molecular formula is C21H21NO4S. The Bertz CT molecular complexity index is 864. The van der Waals surface area contributed by atoms with Crippen molar-refractivity contribution in [2.24, 2.45) is 0 Å². The van der Waals surface area contributed by atoms with E-state index in [4.69, 9.17) is 9.47 Å². The van der Waals surface area contributed by atoms with Crippen LogP contribution in [0.1, 0.15) is 40.9 Å². The molecule has 1 aromatic carbocycles. The number of likely N-dealkylation sites (tertiary alicyclic amines) is 1. The maximum absolute atomic E-state index is 12.4. The molecule has 0 aliphatic carbocycles. The molecule has 2 aliphatic heterocycles. The first-order valence-electron chi connectivity index (χ1n) is 9.23. The van der Waals surface area contributed by atoms with Crippen molar-refractivity contribution in [1.29, 1.82) is 0 Å². The highest BCUT2D eigenvalue weighted by Crippen LogP contribution is 2.35. The van der Waals surface area contributed by atoms with Crippen molar-refractivity contribution in [2.45, 2.75) is 25.7 Å². The van der Waals surface area contributed by atoms with E-state index in [0.29, 0.717) is 22.8 Å². The third-order valence-corrected chi connectivity index (χ3v) is 5.60. The second kappa shape index (κ2) is 7.96. The fraction of sp³-hybridized carbons (Fsp3) is 0.333. The van der Waals surface area contributed by atoms with Crippen LogP contribution in [0.15, 0.2) is 41.5 Å². The number of thiophene rings is 1. The number of allylic oxidation sites excluding steroid dienone is 1. The first-order chi connectivity index (χ1) is 13.2. The van der Waals surface area contributed by atoms with Gasteiger partial charge in [-0.15, -0.1) is 11.3 Å². The van der Waals surface area contributed by atoms with Gasteiger partial charge in [0, 0.05) is 30.1 Å². The molecule has 5 nitrogen and oxygen atoms in total. The number of hydrogen-bond acceptors (Lipinski definition) is 5. The minimum absolute atomic E-state index is 0.00459. The summed E-state index contributed by atoms with van der Waals surface area (Å²) in [6.07, 6.45) is 6.22. The molecule has 1 amide bonds. The molecule has 1 saturated heterocycles. The molecule has 0 spiro atoms. The van der Waals surface area contributed by atoms with Gasteiger partial charge >= 0.3 is 0 Å². The SMILES string of the molecule is O=C1C(=Cc2cccs2)Oc2cc(OCC(=O)N3CCCCCC3)ccc21.